The Kier molecular flexibility index (Phi) is 3.96. The van der Waals surface area contributed by atoms with Crippen molar-refractivity contribution < 1.29 is 0 Å². The van der Waals surface area contributed by atoms with Crippen LogP contribution in [0.25, 0.3) is 17.2 Å². The maximum absolute atomic E-state index is 2.35. The Morgan fingerprint density at radius 3 is 2.52 bits per heavy atom. The minimum absolute atomic E-state index is 0.660. The van der Waals surface area contributed by atoms with Gasteiger partial charge in [0.15, 0.2) is 0 Å². The molecule has 0 fully saturated rings. The molecule has 21 heavy (non-hydrogen) atoms. The van der Waals surface area contributed by atoms with E-state index in [1.807, 2.05) is 0 Å². The molecule has 1 unspecified atom stereocenters. The topological polar surface area (TPSA) is 0 Å². The lowest BCUT2D eigenvalue weighted by Gasteiger charge is -2.12. The Labute approximate surface area is 128 Å². The van der Waals surface area contributed by atoms with Gasteiger partial charge in [0.1, 0.15) is 0 Å². The Morgan fingerprint density at radius 2 is 1.81 bits per heavy atom. The van der Waals surface area contributed by atoms with Gasteiger partial charge in [-0.2, -0.15) is 0 Å². The number of hydrogen-bond acceptors (Lipinski definition) is 0. The Morgan fingerprint density at radius 1 is 1.05 bits per heavy atom. The molecular formula is C21H24. The molecule has 3 rings (SSSR count). The van der Waals surface area contributed by atoms with Crippen molar-refractivity contribution in [2.24, 2.45) is 0 Å². The van der Waals surface area contributed by atoms with E-state index < -0.39 is 0 Å². The molecule has 1 atom stereocenters. The lowest BCUT2D eigenvalue weighted by atomic mass is 9.92. The number of fused-ring (bicyclic) bond motifs is 1. The number of hydrogen-bond donors (Lipinski definition) is 0. The fraction of sp³-hybridized carbons (Fsp3) is 0.333. The van der Waals surface area contributed by atoms with E-state index in [9.17, 15) is 0 Å². The molecule has 1 aliphatic rings. The predicted octanol–water partition coefficient (Wildman–Crippen LogP) is 6.22. The van der Waals surface area contributed by atoms with E-state index in [4.69, 9.17) is 0 Å². The Bertz CT molecular complexity index is 659. The highest BCUT2D eigenvalue weighted by Gasteiger charge is 2.14. The summed E-state index contributed by atoms with van der Waals surface area (Å²) in [6, 6.07) is 15.9. The van der Waals surface area contributed by atoms with Gasteiger partial charge in [-0.3, -0.25) is 0 Å². The van der Waals surface area contributed by atoms with Gasteiger partial charge in [-0.15, -0.1) is 0 Å². The van der Waals surface area contributed by atoms with Crippen molar-refractivity contribution in [2.75, 3.05) is 0 Å². The summed E-state index contributed by atoms with van der Waals surface area (Å²) >= 11 is 0. The van der Waals surface area contributed by atoms with Gasteiger partial charge in [0.2, 0.25) is 0 Å². The van der Waals surface area contributed by atoms with Crippen LogP contribution < -0.4 is 0 Å². The van der Waals surface area contributed by atoms with Gasteiger partial charge in [-0.05, 0) is 53.5 Å². The molecule has 0 nitrogen and oxygen atoms in total. The SMILES string of the molecule is CCCC(C)c1ccc(-c2cccc3c2C=C(C)C3)cc1. The molecule has 2 aromatic rings. The number of benzene rings is 2. The van der Waals surface area contributed by atoms with Crippen molar-refractivity contribution in [3.63, 3.8) is 0 Å². The van der Waals surface area contributed by atoms with Gasteiger partial charge in [0.25, 0.3) is 0 Å². The van der Waals surface area contributed by atoms with E-state index in [0.29, 0.717) is 5.92 Å². The summed E-state index contributed by atoms with van der Waals surface area (Å²) in [5, 5.41) is 0. The molecule has 0 bridgehead atoms. The van der Waals surface area contributed by atoms with Crippen LogP contribution in [0.15, 0.2) is 48.0 Å². The van der Waals surface area contributed by atoms with Gasteiger partial charge in [-0.25, -0.2) is 0 Å². The molecule has 0 aliphatic heterocycles. The molecule has 1 aliphatic carbocycles. The monoisotopic (exact) mass is 276 g/mol. The van der Waals surface area contributed by atoms with E-state index in [0.717, 1.165) is 6.42 Å². The molecule has 0 radical (unpaired) electrons. The van der Waals surface area contributed by atoms with E-state index in [-0.39, 0.29) is 0 Å². The van der Waals surface area contributed by atoms with Gasteiger partial charge >= 0.3 is 0 Å². The Balaban J connectivity index is 1.94. The summed E-state index contributed by atoms with van der Waals surface area (Å²) in [6.45, 7) is 6.80. The standard InChI is InChI=1S/C21H24/c1-4-6-16(3)17-9-11-18(12-10-17)20-8-5-7-19-13-15(2)14-21(19)20/h5,7-12,14,16H,4,6,13H2,1-3H3. The first-order chi connectivity index (χ1) is 10.2. The average Bonchev–Trinajstić information content (AvgIpc) is 2.87. The zero-order chi connectivity index (χ0) is 14.8. The van der Waals surface area contributed by atoms with E-state index >= 15 is 0 Å². The molecule has 2 aromatic carbocycles. The minimum atomic E-state index is 0.660. The summed E-state index contributed by atoms with van der Waals surface area (Å²) < 4.78 is 0. The zero-order valence-electron chi connectivity index (χ0n) is 13.3. The molecule has 0 heteroatoms. The van der Waals surface area contributed by atoms with E-state index in [1.54, 1.807) is 0 Å². The summed E-state index contributed by atoms with van der Waals surface area (Å²) in [4.78, 5) is 0. The molecule has 0 N–H and O–H groups in total. The van der Waals surface area contributed by atoms with Crippen molar-refractivity contribution in [2.45, 2.75) is 46.0 Å². The van der Waals surface area contributed by atoms with Gasteiger partial charge < -0.3 is 0 Å². The summed E-state index contributed by atoms with van der Waals surface area (Å²) in [7, 11) is 0. The number of allylic oxidation sites excluding steroid dienone is 1. The quantitative estimate of drug-likeness (QED) is 0.622. The summed E-state index contributed by atoms with van der Waals surface area (Å²) in [5.74, 6) is 0.660. The maximum atomic E-state index is 2.35. The molecule has 0 amide bonds. The fourth-order valence-corrected chi connectivity index (χ4v) is 3.38. The van der Waals surface area contributed by atoms with Crippen LogP contribution in [0.2, 0.25) is 0 Å². The van der Waals surface area contributed by atoms with Crippen molar-refractivity contribution in [1.82, 2.24) is 0 Å². The second kappa shape index (κ2) is 5.89. The van der Waals surface area contributed by atoms with Crippen LogP contribution in [0.5, 0.6) is 0 Å². The number of rotatable bonds is 4. The van der Waals surface area contributed by atoms with Crippen LogP contribution in [0.1, 0.15) is 56.2 Å². The highest BCUT2D eigenvalue weighted by molar-refractivity contribution is 5.80. The third kappa shape index (κ3) is 2.81. The van der Waals surface area contributed by atoms with Gasteiger partial charge in [0, 0.05) is 0 Å². The van der Waals surface area contributed by atoms with Crippen molar-refractivity contribution in [3.8, 4) is 11.1 Å². The third-order valence-electron chi connectivity index (χ3n) is 4.57. The predicted molar refractivity (Wildman–Crippen MR) is 92.6 cm³/mol. The molecule has 0 spiro atoms. The molecule has 0 saturated heterocycles. The van der Waals surface area contributed by atoms with Crippen LogP contribution in [0, 0.1) is 0 Å². The zero-order valence-corrected chi connectivity index (χ0v) is 13.3. The Hall–Kier alpha value is -1.82. The summed E-state index contributed by atoms with van der Waals surface area (Å²) in [5.41, 5.74) is 8.52. The molecular weight excluding hydrogens is 252 g/mol. The summed E-state index contributed by atoms with van der Waals surface area (Å²) in [6.07, 6.45) is 5.97. The first-order valence-electron chi connectivity index (χ1n) is 8.08. The molecule has 0 heterocycles. The van der Waals surface area contributed by atoms with Gasteiger partial charge in [0.05, 0.1) is 0 Å². The largest absolute Gasteiger partial charge is 0.0683 e. The van der Waals surface area contributed by atoms with Crippen molar-refractivity contribution in [3.05, 3.63) is 64.7 Å². The lowest BCUT2D eigenvalue weighted by Crippen LogP contribution is -1.93. The average molecular weight is 276 g/mol. The molecule has 0 saturated carbocycles. The van der Waals surface area contributed by atoms with Crippen molar-refractivity contribution in [1.29, 1.82) is 0 Å². The van der Waals surface area contributed by atoms with E-state index in [1.165, 1.54) is 46.2 Å². The first kappa shape index (κ1) is 14.1. The third-order valence-corrected chi connectivity index (χ3v) is 4.57. The minimum Gasteiger partial charge on any atom is -0.0683 e. The second-order valence-corrected chi connectivity index (χ2v) is 6.36. The smallest absolute Gasteiger partial charge is 0.00604 e. The van der Waals surface area contributed by atoms with Crippen LogP contribution >= 0.6 is 0 Å². The highest BCUT2D eigenvalue weighted by Crippen LogP contribution is 2.34. The second-order valence-electron chi connectivity index (χ2n) is 6.36. The van der Waals surface area contributed by atoms with Crippen LogP contribution in [-0.2, 0) is 6.42 Å². The molecule has 0 aromatic heterocycles. The first-order valence-corrected chi connectivity index (χ1v) is 8.08. The maximum Gasteiger partial charge on any atom is -0.00604 e. The van der Waals surface area contributed by atoms with Crippen LogP contribution in [-0.4, -0.2) is 0 Å². The normalized spacial score (nSPS) is 14.7. The van der Waals surface area contributed by atoms with E-state index in [2.05, 4.69) is 69.3 Å². The van der Waals surface area contributed by atoms with Crippen LogP contribution in [0.3, 0.4) is 0 Å². The van der Waals surface area contributed by atoms with Crippen LogP contribution in [0.4, 0.5) is 0 Å². The highest BCUT2D eigenvalue weighted by atomic mass is 14.2. The van der Waals surface area contributed by atoms with Gasteiger partial charge in [-0.1, -0.05) is 74.4 Å². The van der Waals surface area contributed by atoms with Crippen molar-refractivity contribution >= 4 is 6.08 Å². The molecule has 108 valence electrons. The lowest BCUT2D eigenvalue weighted by molar-refractivity contribution is 0.665. The fourth-order valence-electron chi connectivity index (χ4n) is 3.38.